The van der Waals surface area contributed by atoms with Crippen LogP contribution in [-0.2, 0) is 17.6 Å². The van der Waals surface area contributed by atoms with Gasteiger partial charge in [0.15, 0.2) is 0 Å². The quantitative estimate of drug-likeness (QED) is 0.496. The first-order chi connectivity index (χ1) is 11.2. The lowest BCUT2D eigenvalue weighted by molar-refractivity contribution is -0.116. The Bertz CT molecular complexity index is 629. The number of carbonyl (C=O) groups is 1. The SMILES string of the molecule is O=C(CCCCCl)Nc1cc(Cl)ccc1CCc1ccccc1. The fourth-order valence-electron chi connectivity index (χ4n) is 2.40. The highest BCUT2D eigenvalue weighted by molar-refractivity contribution is 6.31. The molecule has 0 spiro atoms. The van der Waals surface area contributed by atoms with E-state index in [4.69, 9.17) is 23.2 Å². The predicted octanol–water partition coefficient (Wildman–Crippen LogP) is 5.47. The fraction of sp³-hybridized carbons (Fsp3) is 0.316. The number of alkyl halides is 1. The Hall–Kier alpha value is -1.51. The van der Waals surface area contributed by atoms with Gasteiger partial charge in [0.05, 0.1) is 0 Å². The summed E-state index contributed by atoms with van der Waals surface area (Å²) < 4.78 is 0. The topological polar surface area (TPSA) is 29.1 Å². The van der Waals surface area contributed by atoms with Crippen LogP contribution in [-0.4, -0.2) is 11.8 Å². The number of nitrogens with one attached hydrogen (secondary N) is 1. The van der Waals surface area contributed by atoms with Gasteiger partial charge in [0.2, 0.25) is 5.91 Å². The summed E-state index contributed by atoms with van der Waals surface area (Å²) in [7, 11) is 0. The van der Waals surface area contributed by atoms with Crippen molar-refractivity contribution >= 4 is 34.8 Å². The molecule has 0 aliphatic heterocycles. The van der Waals surface area contributed by atoms with Gasteiger partial charge in [-0.05, 0) is 48.9 Å². The lowest BCUT2D eigenvalue weighted by Gasteiger charge is -2.12. The molecule has 1 N–H and O–H groups in total. The zero-order valence-electron chi connectivity index (χ0n) is 13.0. The lowest BCUT2D eigenvalue weighted by Crippen LogP contribution is -2.13. The van der Waals surface area contributed by atoms with Crippen molar-refractivity contribution in [3.8, 4) is 0 Å². The van der Waals surface area contributed by atoms with Gasteiger partial charge in [0.1, 0.15) is 0 Å². The largest absolute Gasteiger partial charge is 0.326 e. The zero-order chi connectivity index (χ0) is 16.5. The molecule has 0 fully saturated rings. The van der Waals surface area contributed by atoms with Crippen molar-refractivity contribution in [2.45, 2.75) is 32.1 Å². The summed E-state index contributed by atoms with van der Waals surface area (Å²) in [6.45, 7) is 0. The fourth-order valence-corrected chi connectivity index (χ4v) is 2.76. The van der Waals surface area contributed by atoms with E-state index in [9.17, 15) is 4.79 Å². The van der Waals surface area contributed by atoms with E-state index >= 15 is 0 Å². The van der Waals surface area contributed by atoms with Crippen molar-refractivity contribution in [3.05, 3.63) is 64.7 Å². The van der Waals surface area contributed by atoms with Gasteiger partial charge in [-0.25, -0.2) is 0 Å². The molecule has 0 aliphatic carbocycles. The molecule has 0 radical (unpaired) electrons. The Morgan fingerprint density at radius 2 is 1.78 bits per heavy atom. The number of hydrogen-bond donors (Lipinski definition) is 1. The van der Waals surface area contributed by atoms with Crippen LogP contribution >= 0.6 is 23.2 Å². The Labute approximate surface area is 147 Å². The second-order valence-electron chi connectivity index (χ2n) is 5.48. The van der Waals surface area contributed by atoms with Crippen LogP contribution in [0.2, 0.25) is 5.02 Å². The number of halogens is 2. The summed E-state index contributed by atoms with van der Waals surface area (Å²) in [6, 6.07) is 16.0. The second-order valence-corrected chi connectivity index (χ2v) is 6.30. The minimum atomic E-state index is 0.0124. The van der Waals surface area contributed by atoms with Crippen LogP contribution < -0.4 is 5.32 Å². The number of anilines is 1. The maximum absolute atomic E-state index is 12.0. The first-order valence-corrected chi connectivity index (χ1v) is 8.78. The van der Waals surface area contributed by atoms with Crippen molar-refractivity contribution in [2.75, 3.05) is 11.2 Å². The van der Waals surface area contributed by atoms with Crippen LogP contribution in [0.25, 0.3) is 0 Å². The number of carbonyl (C=O) groups excluding carboxylic acids is 1. The molecule has 0 heterocycles. The van der Waals surface area contributed by atoms with E-state index in [0.717, 1.165) is 36.9 Å². The second kappa shape index (κ2) is 9.59. The van der Waals surface area contributed by atoms with Gasteiger partial charge < -0.3 is 5.32 Å². The summed E-state index contributed by atoms with van der Waals surface area (Å²) in [5.41, 5.74) is 3.19. The van der Waals surface area contributed by atoms with Gasteiger partial charge in [0, 0.05) is 23.0 Å². The molecule has 23 heavy (non-hydrogen) atoms. The summed E-state index contributed by atoms with van der Waals surface area (Å²) in [5, 5.41) is 3.61. The van der Waals surface area contributed by atoms with Gasteiger partial charge >= 0.3 is 0 Å². The lowest BCUT2D eigenvalue weighted by atomic mass is 10.0. The highest BCUT2D eigenvalue weighted by Gasteiger charge is 2.08. The monoisotopic (exact) mass is 349 g/mol. The molecule has 0 bridgehead atoms. The van der Waals surface area contributed by atoms with Crippen molar-refractivity contribution in [1.82, 2.24) is 0 Å². The van der Waals surface area contributed by atoms with Gasteiger partial charge in [0.25, 0.3) is 0 Å². The molecule has 1 amide bonds. The van der Waals surface area contributed by atoms with Gasteiger partial charge in [-0.15, -0.1) is 11.6 Å². The third-order valence-corrected chi connectivity index (χ3v) is 4.16. The smallest absolute Gasteiger partial charge is 0.224 e. The minimum absolute atomic E-state index is 0.0124. The van der Waals surface area contributed by atoms with E-state index in [-0.39, 0.29) is 5.91 Å². The molecule has 0 aromatic heterocycles. The molecule has 122 valence electrons. The van der Waals surface area contributed by atoms with E-state index < -0.39 is 0 Å². The van der Waals surface area contributed by atoms with E-state index in [1.54, 1.807) is 0 Å². The molecule has 0 saturated heterocycles. The average Bonchev–Trinajstić information content (AvgIpc) is 2.55. The van der Waals surface area contributed by atoms with E-state index in [2.05, 4.69) is 17.4 Å². The number of amides is 1. The van der Waals surface area contributed by atoms with Crippen LogP contribution in [0.4, 0.5) is 5.69 Å². The Balaban J connectivity index is 2.00. The van der Waals surface area contributed by atoms with Crippen LogP contribution in [0.3, 0.4) is 0 Å². The molecule has 2 aromatic carbocycles. The molecule has 4 heteroatoms. The average molecular weight is 350 g/mol. The van der Waals surface area contributed by atoms with E-state index in [0.29, 0.717) is 17.3 Å². The zero-order valence-corrected chi connectivity index (χ0v) is 14.5. The first kappa shape index (κ1) is 17.8. The highest BCUT2D eigenvalue weighted by Crippen LogP contribution is 2.23. The molecule has 0 atom stereocenters. The van der Waals surface area contributed by atoms with Crippen LogP contribution in [0.15, 0.2) is 48.5 Å². The van der Waals surface area contributed by atoms with Gasteiger partial charge in [-0.1, -0.05) is 48.0 Å². The minimum Gasteiger partial charge on any atom is -0.326 e. The maximum Gasteiger partial charge on any atom is 0.224 e. The molecule has 2 aromatic rings. The maximum atomic E-state index is 12.0. The third kappa shape index (κ3) is 6.25. The number of aryl methyl sites for hydroxylation is 2. The number of unbranched alkanes of at least 4 members (excludes halogenated alkanes) is 1. The molecule has 0 unspecified atom stereocenters. The van der Waals surface area contributed by atoms with Crippen molar-refractivity contribution in [1.29, 1.82) is 0 Å². The summed E-state index contributed by atoms with van der Waals surface area (Å²) in [5.74, 6) is 0.602. The van der Waals surface area contributed by atoms with E-state index in [1.807, 2.05) is 36.4 Å². The number of hydrogen-bond acceptors (Lipinski definition) is 1. The number of benzene rings is 2. The normalized spacial score (nSPS) is 10.5. The van der Waals surface area contributed by atoms with E-state index in [1.165, 1.54) is 5.56 Å². The summed E-state index contributed by atoms with van der Waals surface area (Å²) in [4.78, 5) is 12.0. The Morgan fingerprint density at radius 3 is 2.52 bits per heavy atom. The van der Waals surface area contributed by atoms with Crippen molar-refractivity contribution < 1.29 is 4.79 Å². The Morgan fingerprint density at radius 1 is 1.00 bits per heavy atom. The highest BCUT2D eigenvalue weighted by atomic mass is 35.5. The molecule has 0 saturated carbocycles. The molecule has 2 rings (SSSR count). The third-order valence-electron chi connectivity index (χ3n) is 3.66. The van der Waals surface area contributed by atoms with Gasteiger partial charge in [-0.3, -0.25) is 4.79 Å². The molecular formula is C19H21Cl2NO. The Kier molecular flexibility index (Phi) is 7.44. The standard InChI is InChI=1S/C19H21Cl2NO/c20-13-5-4-8-19(23)22-18-14-17(21)12-11-16(18)10-9-15-6-2-1-3-7-15/h1-3,6-7,11-12,14H,4-5,8-10,13H2,(H,22,23). The molecule has 0 aliphatic rings. The van der Waals surface area contributed by atoms with Gasteiger partial charge in [-0.2, -0.15) is 0 Å². The first-order valence-electron chi connectivity index (χ1n) is 7.87. The van der Waals surface area contributed by atoms with Crippen LogP contribution in [0.1, 0.15) is 30.4 Å². The molecular weight excluding hydrogens is 329 g/mol. The number of rotatable bonds is 8. The van der Waals surface area contributed by atoms with Crippen molar-refractivity contribution in [2.24, 2.45) is 0 Å². The summed E-state index contributed by atoms with van der Waals surface area (Å²) in [6.07, 6.45) is 3.92. The predicted molar refractivity (Wildman–Crippen MR) is 98.5 cm³/mol. The van der Waals surface area contributed by atoms with Crippen LogP contribution in [0.5, 0.6) is 0 Å². The molecule has 2 nitrogen and oxygen atoms in total. The van der Waals surface area contributed by atoms with Crippen LogP contribution in [0, 0.1) is 0 Å². The van der Waals surface area contributed by atoms with Crippen molar-refractivity contribution in [3.63, 3.8) is 0 Å². The summed E-state index contributed by atoms with van der Waals surface area (Å²) >= 11 is 11.7.